The fourth-order valence-electron chi connectivity index (χ4n) is 1.47. The summed E-state index contributed by atoms with van der Waals surface area (Å²) in [4.78, 5) is 15.7. The number of carbonyl (C=O) groups is 1. The number of urea groups is 1. The Hall–Kier alpha value is -2.56. The molecular weight excluding hydrogens is 242 g/mol. The van der Waals surface area contributed by atoms with E-state index in [9.17, 15) is 4.79 Å². The van der Waals surface area contributed by atoms with Gasteiger partial charge in [-0.2, -0.15) is 0 Å². The topological polar surface area (TPSA) is 63.2 Å². The number of carbonyl (C=O) groups excluding carboxylic acids is 1. The molecule has 98 valence electrons. The first-order valence-electron chi connectivity index (χ1n) is 5.90. The molecule has 0 aliphatic carbocycles. The highest BCUT2D eigenvalue weighted by molar-refractivity contribution is 5.88. The monoisotopic (exact) mass is 257 g/mol. The summed E-state index contributed by atoms with van der Waals surface area (Å²) in [5, 5.41) is 5.21. The minimum absolute atomic E-state index is 0.0989. The Labute approximate surface area is 111 Å². The van der Waals surface area contributed by atoms with E-state index in [0.29, 0.717) is 11.6 Å². The van der Waals surface area contributed by atoms with Crippen LogP contribution in [0.1, 0.15) is 5.69 Å². The van der Waals surface area contributed by atoms with Crippen LogP contribution in [-0.4, -0.2) is 17.7 Å². The van der Waals surface area contributed by atoms with Crippen LogP contribution in [0.4, 0.5) is 10.6 Å². The second-order valence-corrected chi connectivity index (χ2v) is 3.90. The summed E-state index contributed by atoms with van der Waals surface area (Å²) in [5.74, 6) is 1.22. The van der Waals surface area contributed by atoms with E-state index in [4.69, 9.17) is 4.74 Å². The minimum atomic E-state index is -0.353. The number of benzene rings is 1. The maximum atomic E-state index is 11.6. The maximum Gasteiger partial charge on any atom is 0.323 e. The van der Waals surface area contributed by atoms with Crippen molar-refractivity contribution in [2.75, 3.05) is 12.0 Å². The molecule has 0 saturated heterocycles. The number of anilines is 1. The van der Waals surface area contributed by atoms with Crippen molar-refractivity contribution in [2.45, 2.75) is 6.92 Å². The van der Waals surface area contributed by atoms with Crippen LogP contribution in [0.5, 0.6) is 5.75 Å². The van der Waals surface area contributed by atoms with Crippen LogP contribution in [-0.2, 0) is 0 Å². The molecule has 1 aromatic heterocycles. The molecule has 0 aliphatic heterocycles. The van der Waals surface area contributed by atoms with Crippen molar-refractivity contribution >= 4 is 11.8 Å². The van der Waals surface area contributed by atoms with Gasteiger partial charge >= 0.3 is 6.03 Å². The van der Waals surface area contributed by atoms with E-state index >= 15 is 0 Å². The lowest BCUT2D eigenvalue weighted by Crippen LogP contribution is -2.32. The molecule has 5 nitrogen and oxygen atoms in total. The first kappa shape index (κ1) is 12.9. The minimum Gasteiger partial charge on any atom is -0.473 e. The number of ether oxygens (including phenoxy) is 1. The van der Waals surface area contributed by atoms with Crippen LogP contribution in [0, 0.1) is 6.92 Å². The zero-order chi connectivity index (χ0) is 13.5. The molecule has 19 heavy (non-hydrogen) atoms. The van der Waals surface area contributed by atoms with Gasteiger partial charge in [0.1, 0.15) is 11.6 Å². The largest absolute Gasteiger partial charge is 0.473 e. The molecule has 0 bridgehead atoms. The Morgan fingerprint density at radius 3 is 2.68 bits per heavy atom. The molecule has 1 heterocycles. The molecule has 0 radical (unpaired) electrons. The maximum absolute atomic E-state index is 11.6. The Kier molecular flexibility index (Phi) is 4.34. The lowest BCUT2D eigenvalue weighted by atomic mass is 10.3. The number of aromatic nitrogens is 1. The smallest absolute Gasteiger partial charge is 0.323 e. The third-order valence-electron chi connectivity index (χ3n) is 2.34. The van der Waals surface area contributed by atoms with Crippen molar-refractivity contribution in [1.29, 1.82) is 0 Å². The van der Waals surface area contributed by atoms with Gasteiger partial charge in [-0.1, -0.05) is 24.3 Å². The summed E-state index contributed by atoms with van der Waals surface area (Å²) in [6, 6.07) is 14.3. The van der Waals surface area contributed by atoms with Crippen LogP contribution in [0.15, 0.2) is 48.5 Å². The molecule has 0 aliphatic rings. The number of pyridine rings is 1. The first-order chi connectivity index (χ1) is 9.24. The molecule has 2 N–H and O–H groups in total. The lowest BCUT2D eigenvalue weighted by Gasteiger charge is -2.09. The summed E-state index contributed by atoms with van der Waals surface area (Å²) in [6.07, 6.45) is 0. The highest BCUT2D eigenvalue weighted by Gasteiger charge is 2.02. The highest BCUT2D eigenvalue weighted by Crippen LogP contribution is 2.07. The molecule has 2 amide bonds. The average Bonchev–Trinajstić information content (AvgIpc) is 2.40. The number of nitrogens with zero attached hydrogens (tertiary/aromatic N) is 1. The van der Waals surface area contributed by atoms with E-state index in [1.54, 1.807) is 6.07 Å². The fraction of sp³-hybridized carbons (Fsp3) is 0.143. The van der Waals surface area contributed by atoms with E-state index < -0.39 is 0 Å². The number of amides is 2. The average molecular weight is 257 g/mol. The Bertz CT molecular complexity index is 543. The standard InChI is InChI=1S/C14H15N3O2/c1-11-6-5-9-13(16-11)17-14(18)15-10-19-12-7-3-2-4-8-12/h2-9H,10H2,1H3,(H2,15,16,17,18). The van der Waals surface area contributed by atoms with E-state index in [1.807, 2.05) is 49.4 Å². The van der Waals surface area contributed by atoms with Crippen molar-refractivity contribution in [3.63, 3.8) is 0 Å². The van der Waals surface area contributed by atoms with E-state index in [0.717, 1.165) is 5.69 Å². The molecular formula is C14H15N3O2. The van der Waals surface area contributed by atoms with Gasteiger partial charge in [0, 0.05) is 5.69 Å². The van der Waals surface area contributed by atoms with Gasteiger partial charge in [-0.15, -0.1) is 0 Å². The number of hydrogen-bond acceptors (Lipinski definition) is 3. The predicted molar refractivity (Wildman–Crippen MR) is 73.1 cm³/mol. The van der Waals surface area contributed by atoms with Crippen molar-refractivity contribution in [2.24, 2.45) is 0 Å². The van der Waals surface area contributed by atoms with Gasteiger partial charge in [0.25, 0.3) is 0 Å². The Balaban J connectivity index is 1.76. The number of para-hydroxylation sites is 1. The van der Waals surface area contributed by atoms with Crippen LogP contribution in [0.3, 0.4) is 0 Å². The Morgan fingerprint density at radius 1 is 1.16 bits per heavy atom. The van der Waals surface area contributed by atoms with Gasteiger partial charge in [-0.25, -0.2) is 9.78 Å². The molecule has 0 atom stereocenters. The van der Waals surface area contributed by atoms with Crippen molar-refractivity contribution in [1.82, 2.24) is 10.3 Å². The van der Waals surface area contributed by atoms with E-state index in [1.165, 1.54) is 0 Å². The zero-order valence-electron chi connectivity index (χ0n) is 10.6. The Morgan fingerprint density at radius 2 is 1.95 bits per heavy atom. The highest BCUT2D eigenvalue weighted by atomic mass is 16.5. The van der Waals surface area contributed by atoms with Gasteiger partial charge in [-0.3, -0.25) is 5.32 Å². The summed E-state index contributed by atoms with van der Waals surface area (Å²) >= 11 is 0. The molecule has 0 spiro atoms. The third kappa shape index (κ3) is 4.31. The first-order valence-corrected chi connectivity index (χ1v) is 5.90. The molecule has 5 heteroatoms. The zero-order valence-corrected chi connectivity index (χ0v) is 10.6. The fourth-order valence-corrected chi connectivity index (χ4v) is 1.47. The second kappa shape index (κ2) is 6.39. The number of hydrogen-bond donors (Lipinski definition) is 2. The van der Waals surface area contributed by atoms with Crippen LogP contribution < -0.4 is 15.4 Å². The van der Waals surface area contributed by atoms with Crippen molar-refractivity contribution in [3.8, 4) is 5.75 Å². The van der Waals surface area contributed by atoms with Crippen LogP contribution >= 0.6 is 0 Å². The van der Waals surface area contributed by atoms with Gasteiger partial charge in [-0.05, 0) is 31.2 Å². The third-order valence-corrected chi connectivity index (χ3v) is 2.34. The van der Waals surface area contributed by atoms with Gasteiger partial charge < -0.3 is 10.1 Å². The van der Waals surface area contributed by atoms with Crippen LogP contribution in [0.25, 0.3) is 0 Å². The molecule has 2 rings (SSSR count). The molecule has 0 fully saturated rings. The van der Waals surface area contributed by atoms with Crippen molar-refractivity contribution in [3.05, 3.63) is 54.2 Å². The van der Waals surface area contributed by atoms with E-state index in [-0.39, 0.29) is 12.8 Å². The van der Waals surface area contributed by atoms with Gasteiger partial charge in [0.2, 0.25) is 0 Å². The normalized spacial score (nSPS) is 9.74. The lowest BCUT2D eigenvalue weighted by molar-refractivity contribution is 0.234. The summed E-state index contributed by atoms with van der Waals surface area (Å²) in [7, 11) is 0. The number of rotatable bonds is 4. The molecule has 1 aromatic carbocycles. The SMILES string of the molecule is Cc1cccc(NC(=O)NCOc2ccccc2)n1. The predicted octanol–water partition coefficient (Wildman–Crippen LogP) is 2.55. The second-order valence-electron chi connectivity index (χ2n) is 3.90. The van der Waals surface area contributed by atoms with Gasteiger partial charge in [0.05, 0.1) is 0 Å². The summed E-state index contributed by atoms with van der Waals surface area (Å²) in [5.41, 5.74) is 0.846. The molecule has 2 aromatic rings. The molecule has 0 saturated carbocycles. The van der Waals surface area contributed by atoms with Crippen molar-refractivity contribution < 1.29 is 9.53 Å². The summed E-state index contributed by atoms with van der Waals surface area (Å²) in [6.45, 7) is 1.96. The quantitative estimate of drug-likeness (QED) is 0.827. The summed E-state index contributed by atoms with van der Waals surface area (Å²) < 4.78 is 5.35. The number of nitrogens with one attached hydrogen (secondary N) is 2. The number of aryl methyl sites for hydroxylation is 1. The van der Waals surface area contributed by atoms with Gasteiger partial charge in [0.15, 0.2) is 6.73 Å². The van der Waals surface area contributed by atoms with Crippen LogP contribution in [0.2, 0.25) is 0 Å². The molecule has 0 unspecified atom stereocenters. The van der Waals surface area contributed by atoms with E-state index in [2.05, 4.69) is 15.6 Å².